The second-order valence-corrected chi connectivity index (χ2v) is 5.29. The van der Waals surface area contributed by atoms with E-state index in [0.717, 1.165) is 25.4 Å². The third-order valence-electron chi connectivity index (χ3n) is 3.59. The molecule has 1 N–H and O–H groups in total. The van der Waals surface area contributed by atoms with E-state index >= 15 is 0 Å². The van der Waals surface area contributed by atoms with Crippen LogP contribution in [0, 0.1) is 5.41 Å². The largest absolute Gasteiger partial charge is 0.497 e. The molecule has 3 heteroatoms. The van der Waals surface area contributed by atoms with E-state index in [1.54, 1.807) is 7.11 Å². The fraction of sp³-hybridized carbons (Fsp3) is 0.571. The molecule has 0 aromatic heterocycles. The Labute approximate surface area is 104 Å². The molecule has 3 nitrogen and oxygen atoms in total. The van der Waals surface area contributed by atoms with Crippen molar-refractivity contribution < 1.29 is 4.74 Å². The Morgan fingerprint density at radius 2 is 2.06 bits per heavy atom. The van der Waals surface area contributed by atoms with Crippen LogP contribution in [0.15, 0.2) is 24.3 Å². The molecule has 0 bridgehead atoms. The van der Waals surface area contributed by atoms with Crippen molar-refractivity contribution in [3.8, 4) is 5.75 Å². The third kappa shape index (κ3) is 2.91. The molecule has 1 fully saturated rings. The summed E-state index contributed by atoms with van der Waals surface area (Å²) >= 11 is 0. The first-order valence-electron chi connectivity index (χ1n) is 6.19. The van der Waals surface area contributed by atoms with Crippen LogP contribution in [0.1, 0.15) is 13.3 Å². The standard InChI is InChI=1S/C14H22N2O/c1-14(8-9-15-10-14)11-16(2)12-4-6-13(17-3)7-5-12/h4-7,15H,8-11H2,1-3H3. The molecule has 2 rings (SSSR count). The number of rotatable bonds is 4. The summed E-state index contributed by atoms with van der Waals surface area (Å²) in [6.45, 7) is 5.71. The van der Waals surface area contributed by atoms with Gasteiger partial charge < -0.3 is 15.0 Å². The smallest absolute Gasteiger partial charge is 0.119 e. The number of ether oxygens (including phenoxy) is 1. The van der Waals surface area contributed by atoms with Crippen LogP contribution in [0.5, 0.6) is 5.75 Å². The van der Waals surface area contributed by atoms with Crippen molar-refractivity contribution >= 4 is 5.69 Å². The predicted octanol–water partition coefficient (Wildman–Crippen LogP) is 2.13. The van der Waals surface area contributed by atoms with Gasteiger partial charge in [-0.15, -0.1) is 0 Å². The Morgan fingerprint density at radius 1 is 1.35 bits per heavy atom. The number of nitrogens with zero attached hydrogens (tertiary/aromatic N) is 1. The van der Waals surface area contributed by atoms with Crippen LogP contribution >= 0.6 is 0 Å². The van der Waals surface area contributed by atoms with Crippen molar-refractivity contribution in [1.82, 2.24) is 5.32 Å². The molecule has 0 spiro atoms. The summed E-state index contributed by atoms with van der Waals surface area (Å²) in [6, 6.07) is 8.26. The zero-order valence-electron chi connectivity index (χ0n) is 11.0. The Morgan fingerprint density at radius 3 is 2.59 bits per heavy atom. The van der Waals surface area contributed by atoms with Gasteiger partial charge in [-0.25, -0.2) is 0 Å². The quantitative estimate of drug-likeness (QED) is 0.863. The first-order valence-corrected chi connectivity index (χ1v) is 6.19. The maximum Gasteiger partial charge on any atom is 0.119 e. The van der Waals surface area contributed by atoms with Gasteiger partial charge in [0.15, 0.2) is 0 Å². The molecule has 1 aromatic carbocycles. The fourth-order valence-electron chi connectivity index (χ4n) is 2.50. The van der Waals surface area contributed by atoms with E-state index in [-0.39, 0.29) is 0 Å². The minimum Gasteiger partial charge on any atom is -0.497 e. The highest BCUT2D eigenvalue weighted by atomic mass is 16.5. The van der Waals surface area contributed by atoms with E-state index in [1.807, 2.05) is 12.1 Å². The number of methoxy groups -OCH3 is 1. The molecule has 0 amide bonds. The van der Waals surface area contributed by atoms with Gasteiger partial charge >= 0.3 is 0 Å². The van der Waals surface area contributed by atoms with E-state index in [0.29, 0.717) is 5.41 Å². The number of anilines is 1. The first-order chi connectivity index (χ1) is 8.13. The highest BCUT2D eigenvalue weighted by Crippen LogP contribution is 2.28. The monoisotopic (exact) mass is 234 g/mol. The van der Waals surface area contributed by atoms with E-state index < -0.39 is 0 Å². The van der Waals surface area contributed by atoms with Crippen LogP contribution in [0.25, 0.3) is 0 Å². The molecular formula is C14H22N2O. The predicted molar refractivity (Wildman–Crippen MR) is 71.9 cm³/mol. The summed E-state index contributed by atoms with van der Waals surface area (Å²) < 4.78 is 5.17. The van der Waals surface area contributed by atoms with Crippen molar-refractivity contribution in [3.05, 3.63) is 24.3 Å². The molecule has 1 aliphatic heterocycles. The first kappa shape index (κ1) is 12.2. The Hall–Kier alpha value is -1.22. The lowest BCUT2D eigenvalue weighted by atomic mass is 9.89. The van der Waals surface area contributed by atoms with Gasteiger partial charge in [0.2, 0.25) is 0 Å². The molecule has 0 radical (unpaired) electrons. The molecule has 1 aliphatic rings. The Balaban J connectivity index is 2.01. The topological polar surface area (TPSA) is 24.5 Å². The van der Waals surface area contributed by atoms with Crippen LogP contribution < -0.4 is 15.0 Å². The number of nitrogens with one attached hydrogen (secondary N) is 1. The number of hydrogen-bond donors (Lipinski definition) is 1. The maximum atomic E-state index is 5.17. The van der Waals surface area contributed by atoms with Gasteiger partial charge in [0.05, 0.1) is 7.11 Å². The van der Waals surface area contributed by atoms with Crippen molar-refractivity contribution in [1.29, 1.82) is 0 Å². The van der Waals surface area contributed by atoms with Crippen LogP contribution in [0.4, 0.5) is 5.69 Å². The molecule has 94 valence electrons. The molecule has 17 heavy (non-hydrogen) atoms. The zero-order valence-corrected chi connectivity index (χ0v) is 11.0. The molecule has 1 heterocycles. The second kappa shape index (κ2) is 4.96. The van der Waals surface area contributed by atoms with Crippen molar-refractivity contribution in [3.63, 3.8) is 0 Å². The van der Waals surface area contributed by atoms with Gasteiger partial charge in [0.25, 0.3) is 0 Å². The van der Waals surface area contributed by atoms with Gasteiger partial charge in [0, 0.05) is 25.8 Å². The summed E-state index contributed by atoms with van der Waals surface area (Å²) in [4.78, 5) is 2.33. The van der Waals surface area contributed by atoms with Crippen LogP contribution in [-0.4, -0.2) is 33.8 Å². The Bertz CT molecular complexity index is 355. The van der Waals surface area contributed by atoms with Gasteiger partial charge in [-0.05, 0) is 42.6 Å². The summed E-state index contributed by atoms with van der Waals surface area (Å²) in [5.74, 6) is 0.913. The lowest BCUT2D eigenvalue weighted by Gasteiger charge is -2.30. The Kier molecular flexibility index (Phi) is 3.57. The highest BCUT2D eigenvalue weighted by Gasteiger charge is 2.29. The van der Waals surface area contributed by atoms with Gasteiger partial charge in [0.1, 0.15) is 5.75 Å². The summed E-state index contributed by atoms with van der Waals surface area (Å²) in [6.07, 6.45) is 1.26. The van der Waals surface area contributed by atoms with Crippen molar-refractivity contribution in [2.75, 3.05) is 38.7 Å². The van der Waals surface area contributed by atoms with Crippen molar-refractivity contribution in [2.24, 2.45) is 5.41 Å². The average molecular weight is 234 g/mol. The molecule has 0 saturated carbocycles. The minimum absolute atomic E-state index is 0.397. The summed E-state index contributed by atoms with van der Waals surface area (Å²) in [5.41, 5.74) is 1.65. The highest BCUT2D eigenvalue weighted by molar-refractivity contribution is 5.48. The van der Waals surface area contributed by atoms with Gasteiger partial charge in [-0.1, -0.05) is 6.92 Å². The fourth-order valence-corrected chi connectivity index (χ4v) is 2.50. The molecule has 1 atom stereocenters. The minimum atomic E-state index is 0.397. The number of hydrogen-bond acceptors (Lipinski definition) is 3. The van der Waals surface area contributed by atoms with E-state index in [1.165, 1.54) is 12.1 Å². The van der Waals surface area contributed by atoms with Gasteiger partial charge in [-0.3, -0.25) is 0 Å². The average Bonchev–Trinajstić information content (AvgIpc) is 2.76. The van der Waals surface area contributed by atoms with E-state index in [2.05, 4.69) is 36.3 Å². The van der Waals surface area contributed by atoms with Crippen molar-refractivity contribution in [2.45, 2.75) is 13.3 Å². The zero-order chi connectivity index (χ0) is 12.3. The van der Waals surface area contributed by atoms with Crippen LogP contribution in [0.2, 0.25) is 0 Å². The van der Waals surface area contributed by atoms with E-state index in [4.69, 9.17) is 4.74 Å². The molecule has 1 unspecified atom stereocenters. The van der Waals surface area contributed by atoms with E-state index in [9.17, 15) is 0 Å². The van der Waals surface area contributed by atoms with Crippen LogP contribution in [0.3, 0.4) is 0 Å². The van der Waals surface area contributed by atoms with Crippen LogP contribution in [-0.2, 0) is 0 Å². The summed E-state index contributed by atoms with van der Waals surface area (Å²) in [5, 5.41) is 3.44. The summed E-state index contributed by atoms with van der Waals surface area (Å²) in [7, 11) is 3.86. The maximum absolute atomic E-state index is 5.17. The number of benzene rings is 1. The molecule has 0 aliphatic carbocycles. The lowest BCUT2D eigenvalue weighted by Crippen LogP contribution is -2.35. The third-order valence-corrected chi connectivity index (χ3v) is 3.59. The molecular weight excluding hydrogens is 212 g/mol. The normalized spacial score (nSPS) is 23.7. The second-order valence-electron chi connectivity index (χ2n) is 5.29. The SMILES string of the molecule is COc1ccc(N(C)CC2(C)CCNC2)cc1. The lowest BCUT2D eigenvalue weighted by molar-refractivity contribution is 0.371. The molecule has 1 saturated heterocycles. The van der Waals surface area contributed by atoms with Gasteiger partial charge in [-0.2, -0.15) is 0 Å². The molecule has 1 aromatic rings.